The molecule has 0 aliphatic heterocycles. The van der Waals surface area contributed by atoms with Crippen molar-refractivity contribution in [3.8, 4) is 0 Å². The zero-order valence-corrected chi connectivity index (χ0v) is 10.8. The van der Waals surface area contributed by atoms with Crippen LogP contribution in [0.2, 0.25) is 0 Å². The van der Waals surface area contributed by atoms with E-state index in [1.807, 2.05) is 24.0 Å². The van der Waals surface area contributed by atoms with Crippen molar-refractivity contribution in [3.63, 3.8) is 0 Å². The Balaban J connectivity index is 2.31. The van der Waals surface area contributed by atoms with Crippen LogP contribution in [0.15, 0.2) is 41.0 Å². The summed E-state index contributed by atoms with van der Waals surface area (Å²) < 4.78 is 5.33. The van der Waals surface area contributed by atoms with Gasteiger partial charge >= 0.3 is 0 Å². The molecule has 0 atom stereocenters. The summed E-state index contributed by atoms with van der Waals surface area (Å²) in [6, 6.07) is 8.77. The van der Waals surface area contributed by atoms with Gasteiger partial charge in [0.25, 0.3) is 0 Å². The smallest absolute Gasteiger partial charge is 0.248 e. The van der Waals surface area contributed by atoms with E-state index in [0.29, 0.717) is 17.8 Å². The highest BCUT2D eigenvalue weighted by Gasteiger charge is 2.12. The molecule has 1 aromatic carbocycles. The molecule has 0 radical (unpaired) electrons. The largest absolute Gasteiger partial charge is 0.467 e. The summed E-state index contributed by atoms with van der Waals surface area (Å²) in [6.07, 6.45) is 1.63. The Hall–Kier alpha value is -2.43. The van der Waals surface area contributed by atoms with Gasteiger partial charge in [0.2, 0.25) is 5.91 Å². The molecule has 0 fully saturated rings. The Kier molecular flexibility index (Phi) is 3.75. The lowest BCUT2D eigenvalue weighted by Gasteiger charge is -2.24. The van der Waals surface area contributed by atoms with E-state index in [2.05, 4.69) is 0 Å². The molecule has 2 aromatic rings. The van der Waals surface area contributed by atoms with E-state index in [1.165, 1.54) is 0 Å². The highest BCUT2D eigenvalue weighted by Crippen LogP contribution is 2.26. The molecule has 0 bridgehead atoms. The lowest BCUT2D eigenvalue weighted by molar-refractivity contribution is 0.100. The van der Waals surface area contributed by atoms with Crippen LogP contribution in [0.4, 0.5) is 11.4 Å². The fourth-order valence-corrected chi connectivity index (χ4v) is 1.93. The van der Waals surface area contributed by atoms with Crippen LogP contribution < -0.4 is 16.4 Å². The first-order chi connectivity index (χ1) is 9.11. The number of hydrogen-bond acceptors (Lipinski definition) is 4. The van der Waals surface area contributed by atoms with Gasteiger partial charge in [-0.15, -0.1) is 0 Å². The predicted octanol–water partition coefficient (Wildman–Crippen LogP) is 1.99. The number of nitrogens with zero attached hydrogens (tertiary/aromatic N) is 1. The Labute approximate surface area is 111 Å². The number of nitrogen functional groups attached to an aromatic ring is 1. The van der Waals surface area contributed by atoms with Gasteiger partial charge in [0.15, 0.2) is 0 Å². The van der Waals surface area contributed by atoms with E-state index in [0.717, 1.165) is 18.0 Å². The van der Waals surface area contributed by atoms with Gasteiger partial charge in [-0.05, 0) is 37.3 Å². The van der Waals surface area contributed by atoms with Gasteiger partial charge in [-0.2, -0.15) is 0 Å². The maximum absolute atomic E-state index is 11.2. The molecule has 4 N–H and O–H groups in total. The molecule has 0 unspecified atom stereocenters. The van der Waals surface area contributed by atoms with Crippen molar-refractivity contribution in [1.29, 1.82) is 0 Å². The minimum atomic E-state index is -0.463. The molecule has 19 heavy (non-hydrogen) atoms. The molecule has 5 nitrogen and oxygen atoms in total. The van der Waals surface area contributed by atoms with Crippen molar-refractivity contribution in [2.75, 3.05) is 17.2 Å². The van der Waals surface area contributed by atoms with E-state index >= 15 is 0 Å². The zero-order chi connectivity index (χ0) is 13.8. The average Bonchev–Trinajstić information content (AvgIpc) is 2.89. The second-order valence-electron chi connectivity index (χ2n) is 4.23. The van der Waals surface area contributed by atoms with E-state index in [4.69, 9.17) is 15.9 Å². The Morgan fingerprint density at radius 1 is 1.37 bits per heavy atom. The minimum absolute atomic E-state index is 0.446. The summed E-state index contributed by atoms with van der Waals surface area (Å²) >= 11 is 0. The van der Waals surface area contributed by atoms with Crippen molar-refractivity contribution in [2.24, 2.45) is 5.73 Å². The number of primary amides is 1. The standard InChI is InChI=1S/C14H17N3O2/c1-2-17(9-11-4-3-7-19-11)13-8-10(14(16)18)5-6-12(13)15/h3-8H,2,9,15H2,1H3,(H2,16,18). The molecular formula is C14H17N3O2. The van der Waals surface area contributed by atoms with Gasteiger partial charge in [-0.25, -0.2) is 0 Å². The molecule has 0 aliphatic rings. The second-order valence-corrected chi connectivity index (χ2v) is 4.23. The SMILES string of the molecule is CCN(Cc1ccco1)c1cc(C(N)=O)ccc1N. The Morgan fingerprint density at radius 2 is 2.16 bits per heavy atom. The second kappa shape index (κ2) is 5.48. The number of carbonyl (C=O) groups is 1. The first kappa shape index (κ1) is 13.0. The van der Waals surface area contributed by atoms with Crippen LogP contribution in [0.3, 0.4) is 0 Å². The first-order valence-corrected chi connectivity index (χ1v) is 6.08. The molecule has 5 heteroatoms. The maximum Gasteiger partial charge on any atom is 0.248 e. The zero-order valence-electron chi connectivity index (χ0n) is 10.8. The van der Waals surface area contributed by atoms with Crippen LogP contribution >= 0.6 is 0 Å². The lowest BCUT2D eigenvalue weighted by Crippen LogP contribution is -2.23. The van der Waals surface area contributed by atoms with Crippen molar-refractivity contribution in [1.82, 2.24) is 0 Å². The molecule has 1 amide bonds. The van der Waals surface area contributed by atoms with Crippen molar-refractivity contribution < 1.29 is 9.21 Å². The quantitative estimate of drug-likeness (QED) is 0.804. The van der Waals surface area contributed by atoms with Crippen molar-refractivity contribution >= 4 is 17.3 Å². The number of nitrogens with two attached hydrogens (primary N) is 2. The molecule has 2 rings (SSSR count). The molecule has 0 aliphatic carbocycles. The summed E-state index contributed by atoms with van der Waals surface area (Å²) in [7, 11) is 0. The van der Waals surface area contributed by atoms with Crippen LogP contribution in [-0.4, -0.2) is 12.5 Å². The molecular weight excluding hydrogens is 242 g/mol. The normalized spacial score (nSPS) is 10.4. The van der Waals surface area contributed by atoms with Crippen LogP contribution in [0, 0.1) is 0 Å². The molecule has 0 saturated carbocycles. The van der Waals surface area contributed by atoms with Crippen LogP contribution in [-0.2, 0) is 6.54 Å². The van der Waals surface area contributed by atoms with Gasteiger partial charge in [0.1, 0.15) is 5.76 Å². The highest BCUT2D eigenvalue weighted by molar-refractivity contribution is 5.95. The topological polar surface area (TPSA) is 85.5 Å². The fraction of sp³-hybridized carbons (Fsp3) is 0.214. The number of anilines is 2. The predicted molar refractivity (Wildman–Crippen MR) is 74.8 cm³/mol. The molecule has 100 valence electrons. The summed E-state index contributed by atoms with van der Waals surface area (Å²) in [5.74, 6) is 0.376. The van der Waals surface area contributed by atoms with E-state index in [-0.39, 0.29) is 0 Å². The Morgan fingerprint density at radius 3 is 2.74 bits per heavy atom. The molecule has 0 spiro atoms. The van der Waals surface area contributed by atoms with Gasteiger partial charge in [0, 0.05) is 12.1 Å². The van der Waals surface area contributed by atoms with Crippen LogP contribution in [0.5, 0.6) is 0 Å². The molecule has 1 aromatic heterocycles. The van der Waals surface area contributed by atoms with E-state index in [1.54, 1.807) is 24.5 Å². The first-order valence-electron chi connectivity index (χ1n) is 6.08. The van der Waals surface area contributed by atoms with Crippen molar-refractivity contribution in [3.05, 3.63) is 47.9 Å². The van der Waals surface area contributed by atoms with Crippen LogP contribution in [0.1, 0.15) is 23.0 Å². The molecule has 1 heterocycles. The number of benzene rings is 1. The van der Waals surface area contributed by atoms with Crippen molar-refractivity contribution in [2.45, 2.75) is 13.5 Å². The number of amides is 1. The fourth-order valence-electron chi connectivity index (χ4n) is 1.93. The van der Waals surface area contributed by atoms with Gasteiger partial charge < -0.3 is 20.8 Å². The summed E-state index contributed by atoms with van der Waals surface area (Å²) in [4.78, 5) is 13.3. The number of rotatable bonds is 5. The van der Waals surface area contributed by atoms with Crippen LogP contribution in [0.25, 0.3) is 0 Å². The number of furan rings is 1. The van der Waals surface area contributed by atoms with E-state index in [9.17, 15) is 4.79 Å². The number of carbonyl (C=O) groups excluding carboxylic acids is 1. The average molecular weight is 259 g/mol. The lowest BCUT2D eigenvalue weighted by atomic mass is 10.1. The van der Waals surface area contributed by atoms with Gasteiger partial charge in [-0.1, -0.05) is 0 Å². The minimum Gasteiger partial charge on any atom is -0.467 e. The summed E-state index contributed by atoms with van der Waals surface area (Å²) in [5.41, 5.74) is 13.1. The Bertz CT molecular complexity index is 564. The van der Waals surface area contributed by atoms with Gasteiger partial charge in [-0.3, -0.25) is 4.79 Å². The highest BCUT2D eigenvalue weighted by atomic mass is 16.3. The third kappa shape index (κ3) is 2.88. The van der Waals surface area contributed by atoms with Gasteiger partial charge in [0.05, 0.1) is 24.2 Å². The molecule has 0 saturated heterocycles. The maximum atomic E-state index is 11.2. The third-order valence-electron chi connectivity index (χ3n) is 2.96. The summed E-state index contributed by atoms with van der Waals surface area (Å²) in [5, 5.41) is 0. The third-order valence-corrected chi connectivity index (χ3v) is 2.96. The van der Waals surface area contributed by atoms with E-state index < -0.39 is 5.91 Å². The number of hydrogen-bond donors (Lipinski definition) is 2. The monoisotopic (exact) mass is 259 g/mol. The summed E-state index contributed by atoms with van der Waals surface area (Å²) in [6.45, 7) is 3.35.